The first-order valence-corrected chi connectivity index (χ1v) is 5.83. The quantitative estimate of drug-likeness (QED) is 0.826. The Balaban J connectivity index is 1.73. The summed E-state index contributed by atoms with van der Waals surface area (Å²) in [6, 6.07) is 6.19. The second-order valence-corrected chi connectivity index (χ2v) is 4.46. The molecule has 0 spiro atoms. The number of carboxylic acid groups (broad SMARTS) is 1. The van der Waals surface area contributed by atoms with Crippen molar-refractivity contribution in [3.8, 4) is 0 Å². The van der Waals surface area contributed by atoms with Crippen molar-refractivity contribution in [2.75, 3.05) is 6.54 Å². The van der Waals surface area contributed by atoms with E-state index in [0.29, 0.717) is 19.4 Å². The van der Waals surface area contributed by atoms with Crippen LogP contribution in [0.3, 0.4) is 0 Å². The van der Waals surface area contributed by atoms with E-state index in [1.165, 1.54) is 12.1 Å². The van der Waals surface area contributed by atoms with Crippen LogP contribution in [0.4, 0.5) is 4.39 Å². The Labute approximate surface area is 104 Å². The smallest absolute Gasteiger partial charge is 0.307 e. The molecule has 1 saturated carbocycles. The van der Waals surface area contributed by atoms with E-state index < -0.39 is 17.8 Å². The number of benzene rings is 1. The fraction of sp³-hybridized carbons (Fsp3) is 0.385. The number of hydrogen-bond acceptors (Lipinski definition) is 2. The molecule has 0 saturated heterocycles. The van der Waals surface area contributed by atoms with Crippen LogP contribution in [0, 0.1) is 17.7 Å². The van der Waals surface area contributed by atoms with Gasteiger partial charge in [-0.25, -0.2) is 4.39 Å². The zero-order valence-electron chi connectivity index (χ0n) is 9.73. The number of hydrogen-bond donors (Lipinski definition) is 2. The van der Waals surface area contributed by atoms with Gasteiger partial charge in [0.05, 0.1) is 11.8 Å². The van der Waals surface area contributed by atoms with Crippen LogP contribution < -0.4 is 5.32 Å². The third kappa shape index (κ3) is 3.06. The SMILES string of the molecule is O=C(O)[C@@H]1C[C@H]1C(=O)NCCc1cccc(F)c1. The molecule has 1 fully saturated rings. The lowest BCUT2D eigenvalue weighted by molar-refractivity contribution is -0.140. The molecule has 1 aliphatic rings. The largest absolute Gasteiger partial charge is 0.481 e. The molecule has 0 aromatic heterocycles. The first-order valence-electron chi connectivity index (χ1n) is 5.83. The van der Waals surface area contributed by atoms with E-state index >= 15 is 0 Å². The van der Waals surface area contributed by atoms with E-state index in [9.17, 15) is 14.0 Å². The van der Waals surface area contributed by atoms with Gasteiger partial charge in [0.15, 0.2) is 0 Å². The van der Waals surface area contributed by atoms with E-state index in [4.69, 9.17) is 5.11 Å². The predicted molar refractivity (Wildman–Crippen MR) is 62.3 cm³/mol. The van der Waals surface area contributed by atoms with Crippen LogP contribution in [0.1, 0.15) is 12.0 Å². The average Bonchev–Trinajstić information content (AvgIpc) is 3.09. The van der Waals surface area contributed by atoms with Crippen molar-refractivity contribution >= 4 is 11.9 Å². The topological polar surface area (TPSA) is 66.4 Å². The van der Waals surface area contributed by atoms with E-state index in [1.807, 2.05) is 0 Å². The summed E-state index contributed by atoms with van der Waals surface area (Å²) in [5, 5.41) is 11.4. The van der Waals surface area contributed by atoms with Gasteiger partial charge in [0.1, 0.15) is 5.82 Å². The first-order chi connectivity index (χ1) is 8.58. The molecule has 1 aliphatic carbocycles. The van der Waals surface area contributed by atoms with Gasteiger partial charge in [-0.3, -0.25) is 9.59 Å². The number of nitrogens with one attached hydrogen (secondary N) is 1. The van der Waals surface area contributed by atoms with Crippen molar-refractivity contribution in [3.05, 3.63) is 35.6 Å². The Morgan fingerprint density at radius 3 is 2.78 bits per heavy atom. The lowest BCUT2D eigenvalue weighted by atomic mass is 10.1. The molecule has 1 amide bonds. The normalized spacial score (nSPS) is 21.4. The van der Waals surface area contributed by atoms with E-state index in [1.54, 1.807) is 12.1 Å². The van der Waals surface area contributed by atoms with Gasteiger partial charge in [-0.15, -0.1) is 0 Å². The lowest BCUT2D eigenvalue weighted by Crippen LogP contribution is -2.28. The summed E-state index contributed by atoms with van der Waals surface area (Å²) in [6.07, 6.45) is 0.953. The third-order valence-corrected chi connectivity index (χ3v) is 3.05. The third-order valence-electron chi connectivity index (χ3n) is 3.05. The monoisotopic (exact) mass is 251 g/mol. The maximum Gasteiger partial charge on any atom is 0.307 e. The summed E-state index contributed by atoms with van der Waals surface area (Å²) in [5.74, 6) is -2.36. The van der Waals surface area contributed by atoms with Crippen LogP contribution >= 0.6 is 0 Å². The molecule has 0 unspecified atom stereocenters. The average molecular weight is 251 g/mol. The Morgan fingerprint density at radius 2 is 2.17 bits per heavy atom. The summed E-state index contributed by atoms with van der Waals surface area (Å²) in [7, 11) is 0. The van der Waals surface area contributed by atoms with Gasteiger partial charge in [-0.1, -0.05) is 12.1 Å². The molecule has 5 heteroatoms. The van der Waals surface area contributed by atoms with Gasteiger partial charge in [0, 0.05) is 6.54 Å². The van der Waals surface area contributed by atoms with Crippen molar-refractivity contribution < 1.29 is 19.1 Å². The van der Waals surface area contributed by atoms with Crippen molar-refractivity contribution in [2.45, 2.75) is 12.8 Å². The van der Waals surface area contributed by atoms with Crippen LogP contribution in [-0.2, 0) is 16.0 Å². The predicted octanol–water partition coefficient (Wildman–Crippen LogP) is 1.21. The minimum Gasteiger partial charge on any atom is -0.481 e. The summed E-state index contributed by atoms with van der Waals surface area (Å²) in [5.41, 5.74) is 0.806. The minimum atomic E-state index is -0.916. The summed E-state index contributed by atoms with van der Waals surface area (Å²) < 4.78 is 12.9. The van der Waals surface area contributed by atoms with Crippen molar-refractivity contribution in [2.24, 2.45) is 11.8 Å². The van der Waals surface area contributed by atoms with Crippen LogP contribution in [0.15, 0.2) is 24.3 Å². The Kier molecular flexibility index (Phi) is 3.60. The number of carboxylic acids is 1. The van der Waals surface area contributed by atoms with E-state index in [-0.39, 0.29) is 11.7 Å². The molecule has 0 bridgehead atoms. The fourth-order valence-corrected chi connectivity index (χ4v) is 1.91. The van der Waals surface area contributed by atoms with Crippen molar-refractivity contribution in [1.29, 1.82) is 0 Å². The Hall–Kier alpha value is -1.91. The van der Waals surface area contributed by atoms with Crippen LogP contribution in [-0.4, -0.2) is 23.5 Å². The number of aliphatic carboxylic acids is 1. The number of halogens is 1. The molecular weight excluding hydrogens is 237 g/mol. The minimum absolute atomic E-state index is 0.223. The molecule has 0 heterocycles. The van der Waals surface area contributed by atoms with E-state index in [2.05, 4.69) is 5.32 Å². The highest BCUT2D eigenvalue weighted by Crippen LogP contribution is 2.38. The molecule has 2 atom stereocenters. The molecule has 96 valence electrons. The zero-order valence-corrected chi connectivity index (χ0v) is 9.73. The second-order valence-electron chi connectivity index (χ2n) is 4.46. The maximum atomic E-state index is 12.9. The van der Waals surface area contributed by atoms with Gasteiger partial charge in [0.25, 0.3) is 0 Å². The molecule has 4 nitrogen and oxygen atoms in total. The lowest BCUT2D eigenvalue weighted by Gasteiger charge is -2.04. The van der Waals surface area contributed by atoms with E-state index in [0.717, 1.165) is 5.56 Å². The van der Waals surface area contributed by atoms with Gasteiger partial charge in [-0.05, 0) is 30.5 Å². The first kappa shape index (κ1) is 12.5. The highest BCUT2D eigenvalue weighted by molar-refractivity contribution is 5.89. The molecule has 1 aromatic rings. The van der Waals surface area contributed by atoms with Crippen molar-refractivity contribution in [3.63, 3.8) is 0 Å². The molecule has 18 heavy (non-hydrogen) atoms. The number of amides is 1. The molecular formula is C13H14FNO3. The van der Waals surface area contributed by atoms with Crippen molar-refractivity contribution in [1.82, 2.24) is 5.32 Å². The van der Waals surface area contributed by atoms with Gasteiger partial charge < -0.3 is 10.4 Å². The van der Waals surface area contributed by atoms with Gasteiger partial charge in [-0.2, -0.15) is 0 Å². The molecule has 2 rings (SSSR count). The highest BCUT2D eigenvalue weighted by atomic mass is 19.1. The zero-order chi connectivity index (χ0) is 13.1. The molecule has 1 aromatic carbocycles. The van der Waals surface area contributed by atoms with Crippen LogP contribution in [0.5, 0.6) is 0 Å². The summed E-state index contributed by atoms with van der Waals surface area (Å²) in [4.78, 5) is 22.1. The van der Waals surface area contributed by atoms with Gasteiger partial charge in [0.2, 0.25) is 5.91 Å². The van der Waals surface area contributed by atoms with Gasteiger partial charge >= 0.3 is 5.97 Å². The van der Waals surface area contributed by atoms with Crippen LogP contribution in [0.2, 0.25) is 0 Å². The fourth-order valence-electron chi connectivity index (χ4n) is 1.91. The number of carbonyl (C=O) groups is 2. The summed E-state index contributed by atoms with van der Waals surface area (Å²) in [6.45, 7) is 0.394. The molecule has 2 N–H and O–H groups in total. The summed E-state index contributed by atoms with van der Waals surface area (Å²) >= 11 is 0. The molecule has 0 radical (unpaired) electrons. The number of rotatable bonds is 5. The second kappa shape index (κ2) is 5.16. The molecule has 0 aliphatic heterocycles. The maximum absolute atomic E-state index is 12.9. The van der Waals surface area contributed by atoms with Crippen LogP contribution in [0.25, 0.3) is 0 Å². The Morgan fingerprint density at radius 1 is 1.39 bits per heavy atom. The number of carbonyl (C=O) groups excluding carboxylic acids is 1. The standard InChI is InChI=1S/C13H14FNO3/c14-9-3-1-2-8(6-9)4-5-15-12(16)10-7-11(10)13(17)18/h1-3,6,10-11H,4-5,7H2,(H,15,16)(H,17,18)/t10-,11-/m1/s1. The highest BCUT2D eigenvalue weighted by Gasteiger charge is 2.48. The Bertz CT molecular complexity index is 475.